The predicted molar refractivity (Wildman–Crippen MR) is 80.4 cm³/mol. The lowest BCUT2D eigenvalue weighted by atomic mass is 10.1. The maximum Gasteiger partial charge on any atom is 0.216 e. The lowest BCUT2D eigenvalue weighted by Crippen LogP contribution is -2.39. The quantitative estimate of drug-likeness (QED) is 0.770. The highest BCUT2D eigenvalue weighted by molar-refractivity contribution is 7.89. The molecule has 1 aliphatic rings. The van der Waals surface area contributed by atoms with E-state index in [-0.39, 0.29) is 11.9 Å². The number of rotatable bonds is 7. The molecule has 2 rings (SSSR count). The first-order valence-corrected chi connectivity index (χ1v) is 9.58. The molecule has 1 atom stereocenters. The third-order valence-corrected chi connectivity index (χ3v) is 6.34. The summed E-state index contributed by atoms with van der Waals surface area (Å²) < 4.78 is 31.9. The second kappa shape index (κ2) is 7.49. The van der Waals surface area contributed by atoms with E-state index in [0.717, 1.165) is 24.3 Å². The van der Waals surface area contributed by atoms with Gasteiger partial charge in [0.05, 0.1) is 16.9 Å². The van der Waals surface area contributed by atoms with Gasteiger partial charge in [-0.25, -0.2) is 17.7 Å². The summed E-state index contributed by atoms with van der Waals surface area (Å²) in [6.07, 6.45) is 5.24. The van der Waals surface area contributed by atoms with Crippen molar-refractivity contribution in [2.75, 3.05) is 25.4 Å². The van der Waals surface area contributed by atoms with Crippen molar-refractivity contribution < 1.29 is 13.2 Å². The van der Waals surface area contributed by atoms with Crippen LogP contribution in [0, 0.1) is 0 Å². The van der Waals surface area contributed by atoms with Crippen molar-refractivity contribution in [3.8, 4) is 0 Å². The zero-order valence-corrected chi connectivity index (χ0v) is 13.5. The van der Waals surface area contributed by atoms with Crippen LogP contribution < -0.4 is 0 Å². The van der Waals surface area contributed by atoms with Gasteiger partial charge in [0.15, 0.2) is 0 Å². The van der Waals surface area contributed by atoms with Gasteiger partial charge in [0, 0.05) is 37.7 Å². The molecule has 0 N–H and O–H groups in total. The van der Waals surface area contributed by atoms with Gasteiger partial charge in [-0.2, -0.15) is 0 Å². The molecular weight excluding hydrogens is 296 g/mol. The zero-order chi connectivity index (χ0) is 14.4. The summed E-state index contributed by atoms with van der Waals surface area (Å²) in [5.74, 6) is 0.110. The zero-order valence-electron chi connectivity index (χ0n) is 11.8. The minimum Gasteiger partial charge on any atom is -0.377 e. The van der Waals surface area contributed by atoms with E-state index < -0.39 is 10.0 Å². The van der Waals surface area contributed by atoms with Crippen LogP contribution >= 0.6 is 11.3 Å². The Morgan fingerprint density at radius 2 is 2.35 bits per heavy atom. The van der Waals surface area contributed by atoms with Gasteiger partial charge in [-0.1, -0.05) is 6.92 Å². The molecule has 1 aromatic rings. The largest absolute Gasteiger partial charge is 0.377 e. The fourth-order valence-electron chi connectivity index (χ4n) is 2.37. The number of likely N-dealkylation sites (N-methyl/N-ethyl adjacent to an activating group) is 1. The molecule has 5 nitrogen and oxygen atoms in total. The third kappa shape index (κ3) is 4.51. The van der Waals surface area contributed by atoms with Crippen molar-refractivity contribution >= 4 is 21.4 Å². The van der Waals surface area contributed by atoms with Gasteiger partial charge in [0.2, 0.25) is 10.0 Å². The van der Waals surface area contributed by atoms with Crippen LogP contribution in [0.2, 0.25) is 0 Å². The van der Waals surface area contributed by atoms with E-state index in [0.29, 0.717) is 26.1 Å². The first-order chi connectivity index (χ1) is 9.62. The van der Waals surface area contributed by atoms with Crippen LogP contribution in [0.1, 0.15) is 31.2 Å². The van der Waals surface area contributed by atoms with Gasteiger partial charge in [-0.3, -0.25) is 0 Å². The molecule has 0 radical (unpaired) electrons. The lowest BCUT2D eigenvalue weighted by molar-refractivity contribution is 0.0299. The molecule has 1 aromatic heterocycles. The van der Waals surface area contributed by atoms with Crippen LogP contribution in [0.15, 0.2) is 11.6 Å². The van der Waals surface area contributed by atoms with Crippen molar-refractivity contribution in [3.63, 3.8) is 0 Å². The minimum absolute atomic E-state index is 0.110. The van der Waals surface area contributed by atoms with E-state index in [4.69, 9.17) is 4.74 Å². The van der Waals surface area contributed by atoms with Crippen molar-refractivity contribution in [2.45, 2.75) is 38.7 Å². The number of ether oxygens (including phenoxy) is 1. The van der Waals surface area contributed by atoms with E-state index in [9.17, 15) is 8.42 Å². The average Bonchev–Trinajstić information content (AvgIpc) is 2.93. The second-order valence-corrected chi connectivity index (χ2v) is 7.93. The molecule has 0 bridgehead atoms. The summed E-state index contributed by atoms with van der Waals surface area (Å²) >= 11 is 1.56. The van der Waals surface area contributed by atoms with Gasteiger partial charge in [0.1, 0.15) is 0 Å². The Morgan fingerprint density at radius 1 is 1.50 bits per heavy atom. The molecule has 1 saturated heterocycles. The van der Waals surface area contributed by atoms with Crippen LogP contribution in [-0.2, 0) is 21.2 Å². The fourth-order valence-corrected chi connectivity index (χ4v) is 4.69. The Morgan fingerprint density at radius 3 is 2.95 bits per heavy atom. The van der Waals surface area contributed by atoms with E-state index in [1.54, 1.807) is 21.8 Å². The van der Waals surface area contributed by atoms with Crippen LogP contribution in [0.5, 0.6) is 0 Å². The summed E-state index contributed by atoms with van der Waals surface area (Å²) in [4.78, 5) is 4.19. The molecular formula is C13H22N2O3S2. The Kier molecular flexibility index (Phi) is 5.95. The van der Waals surface area contributed by atoms with Crippen molar-refractivity contribution in [2.24, 2.45) is 0 Å². The molecule has 0 spiro atoms. The highest BCUT2D eigenvalue weighted by atomic mass is 32.2. The molecule has 1 fully saturated rings. The summed E-state index contributed by atoms with van der Waals surface area (Å²) in [6, 6.07) is 0. The molecule has 114 valence electrons. The molecule has 0 saturated carbocycles. The normalized spacial score (nSPS) is 20.4. The highest BCUT2D eigenvalue weighted by Gasteiger charge is 2.26. The second-order valence-electron chi connectivity index (χ2n) is 4.93. The Balaban J connectivity index is 1.90. The molecule has 0 amide bonds. The van der Waals surface area contributed by atoms with Crippen molar-refractivity contribution in [3.05, 3.63) is 16.6 Å². The monoisotopic (exact) mass is 318 g/mol. The highest BCUT2D eigenvalue weighted by Crippen LogP contribution is 2.17. The van der Waals surface area contributed by atoms with Crippen LogP contribution in [0.25, 0.3) is 0 Å². The number of hydrogen-bond donors (Lipinski definition) is 0. The lowest BCUT2D eigenvalue weighted by Gasteiger charge is -2.26. The average molecular weight is 318 g/mol. The summed E-state index contributed by atoms with van der Waals surface area (Å²) in [6.45, 7) is 3.56. The first kappa shape index (κ1) is 15.9. The summed E-state index contributed by atoms with van der Waals surface area (Å²) in [7, 11) is -3.24. The maximum absolute atomic E-state index is 12.4. The molecule has 2 heterocycles. The van der Waals surface area contributed by atoms with Crippen molar-refractivity contribution in [1.29, 1.82) is 0 Å². The maximum atomic E-state index is 12.4. The summed E-state index contributed by atoms with van der Waals surface area (Å²) in [5, 5.41) is 2.89. The number of thiazole rings is 1. The third-order valence-electron chi connectivity index (χ3n) is 3.48. The van der Waals surface area contributed by atoms with Crippen LogP contribution in [0.3, 0.4) is 0 Å². The topological polar surface area (TPSA) is 59.5 Å². The van der Waals surface area contributed by atoms with Crippen LogP contribution in [0.4, 0.5) is 0 Å². The number of sulfonamides is 1. The van der Waals surface area contributed by atoms with Crippen LogP contribution in [-0.4, -0.2) is 49.3 Å². The molecule has 20 heavy (non-hydrogen) atoms. The Bertz CT molecular complexity index is 482. The molecule has 7 heteroatoms. The smallest absolute Gasteiger partial charge is 0.216 e. The SMILES string of the molecule is CCN(CCc1nccs1)S(=O)(=O)CC1CCCCO1. The number of aromatic nitrogens is 1. The van der Waals surface area contributed by atoms with E-state index >= 15 is 0 Å². The first-order valence-electron chi connectivity index (χ1n) is 7.09. The molecule has 1 unspecified atom stereocenters. The van der Waals surface area contributed by atoms with E-state index in [1.807, 2.05) is 12.3 Å². The molecule has 1 aliphatic heterocycles. The Hall–Kier alpha value is -0.500. The molecule has 0 aromatic carbocycles. The fraction of sp³-hybridized carbons (Fsp3) is 0.769. The van der Waals surface area contributed by atoms with Gasteiger partial charge in [0.25, 0.3) is 0 Å². The van der Waals surface area contributed by atoms with Gasteiger partial charge in [-0.05, 0) is 19.3 Å². The van der Waals surface area contributed by atoms with E-state index in [2.05, 4.69) is 4.98 Å². The number of hydrogen-bond acceptors (Lipinski definition) is 5. The Labute approximate surface area is 125 Å². The van der Waals surface area contributed by atoms with Gasteiger partial charge >= 0.3 is 0 Å². The van der Waals surface area contributed by atoms with E-state index in [1.165, 1.54) is 0 Å². The van der Waals surface area contributed by atoms with Gasteiger partial charge in [-0.15, -0.1) is 11.3 Å². The molecule has 0 aliphatic carbocycles. The number of nitrogens with zero attached hydrogens (tertiary/aromatic N) is 2. The van der Waals surface area contributed by atoms with Crippen molar-refractivity contribution in [1.82, 2.24) is 9.29 Å². The summed E-state index contributed by atoms with van der Waals surface area (Å²) in [5.41, 5.74) is 0. The van der Waals surface area contributed by atoms with Gasteiger partial charge < -0.3 is 4.74 Å². The standard InChI is InChI=1S/C13H22N2O3S2/c1-2-15(8-6-13-14-7-10-19-13)20(16,17)11-12-5-3-4-9-18-12/h7,10,12H,2-6,8-9,11H2,1H3. The predicted octanol–water partition coefficient (Wildman–Crippen LogP) is 1.91. The minimum atomic E-state index is -3.24.